The van der Waals surface area contributed by atoms with Crippen molar-refractivity contribution < 1.29 is 0 Å². The summed E-state index contributed by atoms with van der Waals surface area (Å²) in [6.45, 7) is 0.531. The lowest BCUT2D eigenvalue weighted by molar-refractivity contribution is 1.03. The van der Waals surface area contributed by atoms with Gasteiger partial charge in [-0.2, -0.15) is 0 Å². The van der Waals surface area contributed by atoms with Crippen LogP contribution in [0.25, 0.3) is 33.4 Å². The highest BCUT2D eigenvalue weighted by Crippen LogP contribution is 2.34. The average molecular weight is 402 g/mol. The van der Waals surface area contributed by atoms with E-state index in [1.54, 1.807) is 18.5 Å². The van der Waals surface area contributed by atoms with Crippen molar-refractivity contribution in [1.29, 1.82) is 0 Å². The largest absolute Gasteiger partial charge is 0.364 e. The summed E-state index contributed by atoms with van der Waals surface area (Å²) in [4.78, 5) is 18.0. The number of benzene rings is 2. The summed E-state index contributed by atoms with van der Waals surface area (Å²) >= 11 is 0. The fraction of sp³-hybridized carbons (Fsp3) is 0.0400. The van der Waals surface area contributed by atoms with Gasteiger partial charge in [-0.15, -0.1) is 5.73 Å². The highest BCUT2D eigenvalue weighted by atomic mass is 15.0. The van der Waals surface area contributed by atoms with Gasteiger partial charge in [-0.25, -0.2) is 15.0 Å². The van der Waals surface area contributed by atoms with Crippen molar-refractivity contribution in [1.82, 2.24) is 25.7 Å². The summed E-state index contributed by atoms with van der Waals surface area (Å²) in [6, 6.07) is 25.4. The molecule has 3 heterocycles. The number of aromatic nitrogens is 4. The van der Waals surface area contributed by atoms with Gasteiger partial charge in [0.25, 0.3) is 0 Å². The summed E-state index contributed by atoms with van der Waals surface area (Å²) in [6.07, 6.45) is 3.35. The van der Waals surface area contributed by atoms with E-state index in [4.69, 9.17) is 9.97 Å². The van der Waals surface area contributed by atoms with Crippen molar-refractivity contribution in [2.75, 3.05) is 5.32 Å². The Kier molecular flexibility index (Phi) is 4.94. The van der Waals surface area contributed by atoms with Gasteiger partial charge in [-0.3, -0.25) is 4.98 Å². The Morgan fingerprint density at radius 2 is 1.61 bits per heavy atom. The molecule has 2 radical (unpaired) electrons. The number of hydrogen-bond acceptors (Lipinski definition) is 5. The van der Waals surface area contributed by atoms with Gasteiger partial charge in [0.2, 0.25) is 0 Å². The van der Waals surface area contributed by atoms with Crippen molar-refractivity contribution in [3.63, 3.8) is 0 Å². The first-order valence-corrected chi connectivity index (χ1v) is 9.93. The summed E-state index contributed by atoms with van der Waals surface area (Å²) in [5, 5.41) is 4.40. The molecular weight excluding hydrogens is 384 g/mol. The highest BCUT2D eigenvalue weighted by Gasteiger charge is 2.14. The number of rotatable bonds is 5. The molecule has 0 saturated carbocycles. The van der Waals surface area contributed by atoms with Crippen LogP contribution in [-0.4, -0.2) is 19.9 Å². The van der Waals surface area contributed by atoms with Gasteiger partial charge in [0.1, 0.15) is 5.82 Å². The maximum Gasteiger partial charge on any atom is 0.174 e. The van der Waals surface area contributed by atoms with Crippen LogP contribution in [0.5, 0.6) is 0 Å². The Bertz CT molecular complexity index is 1320. The van der Waals surface area contributed by atoms with Gasteiger partial charge in [0.15, 0.2) is 11.6 Å². The van der Waals surface area contributed by atoms with E-state index in [1.807, 2.05) is 48.5 Å². The third-order valence-corrected chi connectivity index (χ3v) is 4.98. The lowest BCUT2D eigenvalue weighted by Crippen LogP contribution is -2.06. The lowest BCUT2D eigenvalue weighted by atomic mass is 10.0. The van der Waals surface area contributed by atoms with Gasteiger partial charge in [-0.05, 0) is 41.5 Å². The van der Waals surface area contributed by atoms with Gasteiger partial charge >= 0.3 is 0 Å². The van der Waals surface area contributed by atoms with Gasteiger partial charge < -0.3 is 5.32 Å². The number of nitrogens with one attached hydrogen (secondary N) is 1. The van der Waals surface area contributed by atoms with Crippen LogP contribution < -0.4 is 11.1 Å². The fourth-order valence-corrected chi connectivity index (χ4v) is 3.49. The number of pyridine rings is 2. The molecular formula is C25H18N6. The van der Waals surface area contributed by atoms with Crippen molar-refractivity contribution in [2.45, 2.75) is 6.54 Å². The molecule has 0 aliphatic carbocycles. The Morgan fingerprint density at radius 3 is 2.39 bits per heavy atom. The number of nitrogens with zero attached hydrogens (tertiary/aromatic N) is 5. The molecule has 31 heavy (non-hydrogen) atoms. The van der Waals surface area contributed by atoms with Gasteiger partial charge in [-0.1, -0.05) is 48.5 Å². The minimum atomic E-state index is -0.0376. The molecule has 0 saturated heterocycles. The molecule has 5 aromatic rings. The second-order valence-corrected chi connectivity index (χ2v) is 7.04. The van der Waals surface area contributed by atoms with E-state index in [0.29, 0.717) is 12.4 Å². The predicted octanol–water partition coefficient (Wildman–Crippen LogP) is 5.07. The van der Waals surface area contributed by atoms with E-state index in [1.165, 1.54) is 6.07 Å². The zero-order chi connectivity index (χ0) is 21.0. The summed E-state index contributed by atoms with van der Waals surface area (Å²) in [5.41, 5.74) is 14.1. The van der Waals surface area contributed by atoms with Crippen molar-refractivity contribution in [3.8, 4) is 22.5 Å². The quantitative estimate of drug-likeness (QED) is 0.444. The number of anilines is 1. The van der Waals surface area contributed by atoms with Crippen molar-refractivity contribution in [3.05, 3.63) is 97.0 Å². The first kappa shape index (κ1) is 18.7. The van der Waals surface area contributed by atoms with Crippen LogP contribution in [-0.2, 0) is 6.54 Å². The Balaban J connectivity index is 1.67. The molecule has 3 aromatic heterocycles. The van der Waals surface area contributed by atoms with E-state index in [0.717, 1.165) is 39.1 Å². The second-order valence-electron chi connectivity index (χ2n) is 7.04. The maximum absolute atomic E-state index is 9.53. The predicted molar refractivity (Wildman–Crippen MR) is 122 cm³/mol. The fourth-order valence-electron chi connectivity index (χ4n) is 3.49. The zero-order valence-corrected chi connectivity index (χ0v) is 16.6. The molecule has 1 N–H and O–H groups in total. The van der Waals surface area contributed by atoms with Crippen LogP contribution in [0.3, 0.4) is 0 Å². The molecule has 2 aromatic carbocycles. The standard InChI is InChI=1S/C25H18N6/c26-22-13-12-18(15-28-22)24-30-21-11-6-10-20(17-7-2-1-3-8-17)23(21)25(31-24)29-16-19-9-4-5-14-27-19/h1-15H,16H2,(H,29,30,31). The van der Waals surface area contributed by atoms with Gasteiger partial charge in [0.05, 0.1) is 23.1 Å². The van der Waals surface area contributed by atoms with Crippen LogP contribution in [0.15, 0.2) is 91.3 Å². The third-order valence-electron chi connectivity index (χ3n) is 4.98. The first-order valence-electron chi connectivity index (χ1n) is 9.93. The molecule has 6 heteroatoms. The van der Waals surface area contributed by atoms with Crippen LogP contribution in [0.1, 0.15) is 5.69 Å². The monoisotopic (exact) mass is 402 g/mol. The van der Waals surface area contributed by atoms with E-state index in [2.05, 4.69) is 33.5 Å². The number of hydrogen-bond donors (Lipinski definition) is 1. The molecule has 0 bridgehead atoms. The Morgan fingerprint density at radius 1 is 0.742 bits per heavy atom. The normalized spacial score (nSPS) is 10.8. The molecule has 148 valence electrons. The Labute approximate surface area is 179 Å². The summed E-state index contributed by atoms with van der Waals surface area (Å²) in [5.74, 6) is 1.22. The SMILES string of the molecule is [N]c1ccc(-c2nc(NCc3ccccn3)c3c(-c4ccccc4)cccc3n2)cn1. The summed E-state index contributed by atoms with van der Waals surface area (Å²) in [7, 11) is 0. The molecule has 0 spiro atoms. The Hall–Kier alpha value is -4.32. The molecule has 0 unspecified atom stereocenters. The molecule has 5 rings (SSSR count). The second kappa shape index (κ2) is 8.20. The number of fused-ring (bicyclic) bond motifs is 1. The lowest BCUT2D eigenvalue weighted by Gasteiger charge is -2.14. The summed E-state index contributed by atoms with van der Waals surface area (Å²) < 4.78 is 0. The smallest absolute Gasteiger partial charge is 0.174 e. The minimum Gasteiger partial charge on any atom is -0.364 e. The first-order chi connectivity index (χ1) is 15.3. The average Bonchev–Trinajstić information content (AvgIpc) is 2.83. The van der Waals surface area contributed by atoms with Crippen molar-refractivity contribution >= 4 is 22.5 Å². The van der Waals surface area contributed by atoms with E-state index < -0.39 is 0 Å². The molecule has 0 aliphatic rings. The van der Waals surface area contributed by atoms with Crippen LogP contribution in [0.4, 0.5) is 11.6 Å². The zero-order valence-electron chi connectivity index (χ0n) is 16.6. The minimum absolute atomic E-state index is 0.0376. The van der Waals surface area contributed by atoms with Crippen LogP contribution in [0.2, 0.25) is 0 Å². The van der Waals surface area contributed by atoms with Gasteiger partial charge in [0, 0.05) is 18.0 Å². The molecule has 0 amide bonds. The third kappa shape index (κ3) is 3.91. The molecule has 6 nitrogen and oxygen atoms in total. The topological polar surface area (TPSA) is 85.9 Å². The van der Waals surface area contributed by atoms with Crippen LogP contribution in [0, 0.1) is 0 Å². The molecule has 0 fully saturated rings. The van der Waals surface area contributed by atoms with Crippen molar-refractivity contribution in [2.24, 2.45) is 0 Å². The van der Waals surface area contributed by atoms with E-state index >= 15 is 0 Å². The molecule has 0 atom stereocenters. The van der Waals surface area contributed by atoms with E-state index in [9.17, 15) is 5.73 Å². The maximum atomic E-state index is 9.53. The highest BCUT2D eigenvalue weighted by molar-refractivity contribution is 6.02. The van der Waals surface area contributed by atoms with Crippen LogP contribution >= 0.6 is 0 Å². The van der Waals surface area contributed by atoms with E-state index in [-0.39, 0.29) is 5.82 Å². The molecule has 0 aliphatic heterocycles.